The lowest BCUT2D eigenvalue weighted by atomic mass is 10.1. The quantitative estimate of drug-likeness (QED) is 0.729. The number of anilines is 1. The molecule has 0 bridgehead atoms. The average Bonchev–Trinajstić information content (AvgIpc) is 2.97. The molecule has 3 rings (SSSR count). The smallest absolute Gasteiger partial charge is 0.319 e. The third-order valence-corrected chi connectivity index (χ3v) is 3.87. The number of amides is 2. The van der Waals surface area contributed by atoms with E-state index in [0.29, 0.717) is 18.9 Å². The van der Waals surface area contributed by atoms with E-state index in [1.54, 1.807) is 0 Å². The van der Waals surface area contributed by atoms with Gasteiger partial charge in [0.1, 0.15) is 5.76 Å². The van der Waals surface area contributed by atoms with Crippen LogP contribution in [0.2, 0.25) is 0 Å². The summed E-state index contributed by atoms with van der Waals surface area (Å²) in [5.41, 5.74) is 3.77. The maximum Gasteiger partial charge on any atom is 0.319 e. The number of para-hydroxylation sites is 1. The standard InChI is InChI=1S/C20H21N3O2/c1-14-8-10-16(11-9-14)19-23-18(15(2)25-19)12-13-21-20(24)22-17-6-4-3-5-7-17/h3-11H,12-13H2,1-2H3,(H2,21,22,24). The molecule has 0 saturated heterocycles. The summed E-state index contributed by atoms with van der Waals surface area (Å²) < 4.78 is 5.75. The minimum Gasteiger partial charge on any atom is -0.441 e. The van der Waals surface area contributed by atoms with Crippen LogP contribution in [-0.2, 0) is 6.42 Å². The number of aryl methyl sites for hydroxylation is 2. The highest BCUT2D eigenvalue weighted by Crippen LogP contribution is 2.22. The number of hydrogen-bond donors (Lipinski definition) is 2. The van der Waals surface area contributed by atoms with Gasteiger partial charge in [0, 0.05) is 24.2 Å². The molecule has 25 heavy (non-hydrogen) atoms. The third kappa shape index (κ3) is 4.47. The highest BCUT2D eigenvalue weighted by molar-refractivity contribution is 5.89. The molecule has 0 aliphatic rings. The molecule has 0 aliphatic heterocycles. The van der Waals surface area contributed by atoms with Gasteiger partial charge in [-0.25, -0.2) is 9.78 Å². The van der Waals surface area contributed by atoms with Crippen molar-refractivity contribution in [3.8, 4) is 11.5 Å². The summed E-state index contributed by atoms with van der Waals surface area (Å²) in [6, 6.07) is 17.2. The number of aromatic nitrogens is 1. The van der Waals surface area contributed by atoms with Crippen molar-refractivity contribution in [2.75, 3.05) is 11.9 Å². The zero-order chi connectivity index (χ0) is 17.6. The predicted octanol–water partition coefficient (Wildman–Crippen LogP) is 4.32. The summed E-state index contributed by atoms with van der Waals surface area (Å²) in [6.07, 6.45) is 0.614. The van der Waals surface area contributed by atoms with Crippen LogP contribution in [0, 0.1) is 13.8 Å². The summed E-state index contributed by atoms with van der Waals surface area (Å²) in [4.78, 5) is 16.4. The van der Waals surface area contributed by atoms with Crippen LogP contribution in [0.4, 0.5) is 10.5 Å². The molecule has 128 valence electrons. The van der Waals surface area contributed by atoms with Crippen molar-refractivity contribution in [3.63, 3.8) is 0 Å². The molecule has 0 radical (unpaired) electrons. The second-order valence-corrected chi connectivity index (χ2v) is 5.88. The number of nitrogens with one attached hydrogen (secondary N) is 2. The molecule has 0 aliphatic carbocycles. The molecule has 5 heteroatoms. The number of carbonyl (C=O) groups is 1. The van der Waals surface area contributed by atoms with Gasteiger partial charge in [-0.15, -0.1) is 0 Å². The van der Waals surface area contributed by atoms with Crippen LogP contribution in [0.15, 0.2) is 59.0 Å². The molecule has 0 unspecified atom stereocenters. The van der Waals surface area contributed by atoms with Gasteiger partial charge in [-0.3, -0.25) is 0 Å². The third-order valence-electron chi connectivity index (χ3n) is 3.87. The fourth-order valence-electron chi connectivity index (χ4n) is 2.47. The summed E-state index contributed by atoms with van der Waals surface area (Å²) >= 11 is 0. The lowest BCUT2D eigenvalue weighted by Gasteiger charge is -2.06. The maximum absolute atomic E-state index is 11.9. The van der Waals surface area contributed by atoms with E-state index in [4.69, 9.17) is 4.42 Å². The van der Waals surface area contributed by atoms with Gasteiger partial charge in [0.15, 0.2) is 0 Å². The largest absolute Gasteiger partial charge is 0.441 e. The van der Waals surface area contributed by atoms with Gasteiger partial charge >= 0.3 is 6.03 Å². The Hall–Kier alpha value is -3.08. The Morgan fingerprint density at radius 2 is 1.76 bits per heavy atom. The Kier molecular flexibility index (Phi) is 5.14. The molecule has 5 nitrogen and oxygen atoms in total. The fraction of sp³-hybridized carbons (Fsp3) is 0.200. The molecule has 0 atom stereocenters. The Morgan fingerprint density at radius 3 is 2.48 bits per heavy atom. The fourth-order valence-corrected chi connectivity index (χ4v) is 2.47. The lowest BCUT2D eigenvalue weighted by Crippen LogP contribution is -2.30. The number of oxazole rings is 1. The second-order valence-electron chi connectivity index (χ2n) is 5.88. The van der Waals surface area contributed by atoms with E-state index in [1.807, 2.05) is 68.4 Å². The SMILES string of the molecule is Cc1ccc(-c2nc(CCNC(=O)Nc3ccccc3)c(C)o2)cc1. The first-order valence-electron chi connectivity index (χ1n) is 8.25. The molecular weight excluding hydrogens is 314 g/mol. The first kappa shape index (κ1) is 16.8. The number of nitrogens with zero attached hydrogens (tertiary/aromatic N) is 1. The van der Waals surface area contributed by atoms with Crippen LogP contribution in [0.5, 0.6) is 0 Å². The molecule has 0 spiro atoms. The summed E-state index contributed by atoms with van der Waals surface area (Å²) in [5.74, 6) is 1.39. The molecular formula is C20H21N3O2. The Morgan fingerprint density at radius 1 is 1.04 bits per heavy atom. The van der Waals surface area contributed by atoms with Gasteiger partial charge in [-0.2, -0.15) is 0 Å². The number of hydrogen-bond acceptors (Lipinski definition) is 3. The number of rotatable bonds is 5. The number of urea groups is 1. The van der Waals surface area contributed by atoms with E-state index in [0.717, 1.165) is 22.7 Å². The number of benzene rings is 2. The van der Waals surface area contributed by atoms with Crippen molar-refractivity contribution in [1.82, 2.24) is 10.3 Å². The van der Waals surface area contributed by atoms with Crippen LogP contribution < -0.4 is 10.6 Å². The Labute approximate surface area is 147 Å². The van der Waals surface area contributed by atoms with Gasteiger partial charge in [0.2, 0.25) is 5.89 Å². The molecule has 1 heterocycles. The Bertz CT molecular complexity index is 839. The monoisotopic (exact) mass is 335 g/mol. The van der Waals surface area contributed by atoms with Crippen molar-refractivity contribution < 1.29 is 9.21 Å². The highest BCUT2D eigenvalue weighted by Gasteiger charge is 2.11. The van der Waals surface area contributed by atoms with Crippen LogP contribution in [-0.4, -0.2) is 17.6 Å². The van der Waals surface area contributed by atoms with Gasteiger partial charge in [-0.1, -0.05) is 35.9 Å². The molecule has 2 N–H and O–H groups in total. The number of carbonyl (C=O) groups excluding carboxylic acids is 1. The molecule has 0 saturated carbocycles. The van der Waals surface area contributed by atoms with Crippen molar-refractivity contribution in [3.05, 3.63) is 71.6 Å². The highest BCUT2D eigenvalue weighted by atomic mass is 16.4. The van der Waals surface area contributed by atoms with Gasteiger partial charge in [0.25, 0.3) is 0 Å². The van der Waals surface area contributed by atoms with Gasteiger partial charge in [-0.05, 0) is 38.1 Å². The zero-order valence-electron chi connectivity index (χ0n) is 14.4. The van der Waals surface area contributed by atoms with Crippen molar-refractivity contribution >= 4 is 11.7 Å². The predicted molar refractivity (Wildman–Crippen MR) is 98.6 cm³/mol. The van der Waals surface area contributed by atoms with E-state index >= 15 is 0 Å². The van der Waals surface area contributed by atoms with Crippen molar-refractivity contribution in [2.24, 2.45) is 0 Å². The molecule has 0 fully saturated rings. The minimum absolute atomic E-state index is 0.230. The van der Waals surface area contributed by atoms with E-state index < -0.39 is 0 Å². The summed E-state index contributed by atoms with van der Waals surface area (Å²) in [5, 5.41) is 5.62. The first-order chi connectivity index (χ1) is 12.1. The van der Waals surface area contributed by atoms with Crippen LogP contribution >= 0.6 is 0 Å². The van der Waals surface area contributed by atoms with Crippen molar-refractivity contribution in [2.45, 2.75) is 20.3 Å². The summed E-state index contributed by atoms with van der Waals surface area (Å²) in [7, 11) is 0. The van der Waals surface area contributed by atoms with Crippen LogP contribution in [0.1, 0.15) is 17.0 Å². The second kappa shape index (κ2) is 7.66. The minimum atomic E-state index is -0.230. The maximum atomic E-state index is 11.9. The van der Waals surface area contributed by atoms with Gasteiger partial charge < -0.3 is 15.1 Å². The normalized spacial score (nSPS) is 10.5. The van der Waals surface area contributed by atoms with E-state index in [9.17, 15) is 4.79 Å². The van der Waals surface area contributed by atoms with Crippen molar-refractivity contribution in [1.29, 1.82) is 0 Å². The summed E-state index contributed by atoms with van der Waals surface area (Å²) in [6.45, 7) is 4.42. The van der Waals surface area contributed by atoms with Crippen LogP contribution in [0.25, 0.3) is 11.5 Å². The molecule has 1 aromatic heterocycles. The first-order valence-corrected chi connectivity index (χ1v) is 8.25. The average molecular weight is 335 g/mol. The van der Waals surface area contributed by atoms with Gasteiger partial charge in [0.05, 0.1) is 5.69 Å². The lowest BCUT2D eigenvalue weighted by molar-refractivity contribution is 0.252. The van der Waals surface area contributed by atoms with E-state index in [-0.39, 0.29) is 6.03 Å². The van der Waals surface area contributed by atoms with E-state index in [2.05, 4.69) is 15.6 Å². The molecule has 3 aromatic rings. The molecule has 2 aromatic carbocycles. The topological polar surface area (TPSA) is 67.2 Å². The zero-order valence-corrected chi connectivity index (χ0v) is 14.4. The van der Waals surface area contributed by atoms with Crippen LogP contribution in [0.3, 0.4) is 0 Å². The van der Waals surface area contributed by atoms with E-state index in [1.165, 1.54) is 5.56 Å². The Balaban J connectivity index is 1.55. The molecule has 2 amide bonds.